The van der Waals surface area contributed by atoms with Gasteiger partial charge in [0.25, 0.3) is 5.91 Å². The van der Waals surface area contributed by atoms with Crippen molar-refractivity contribution in [2.45, 2.75) is 12.8 Å². The average Bonchev–Trinajstić information content (AvgIpc) is 2.55. The number of Topliss-reactive ketones (excluding diaryl/α,β-unsaturated/α-hetero) is 1. The zero-order valence-corrected chi connectivity index (χ0v) is 12.7. The number of carbonyl (C=O) groups is 2. The summed E-state index contributed by atoms with van der Waals surface area (Å²) in [6.07, 6.45) is 0.382. The molecule has 0 radical (unpaired) electrons. The van der Waals surface area contributed by atoms with E-state index in [1.807, 2.05) is 24.3 Å². The molecule has 0 saturated heterocycles. The number of ether oxygens (including phenoxy) is 1. The van der Waals surface area contributed by atoms with Gasteiger partial charge in [0.2, 0.25) is 11.7 Å². The number of benzene rings is 1. The summed E-state index contributed by atoms with van der Waals surface area (Å²) >= 11 is 0. The highest BCUT2D eigenvalue weighted by atomic mass is 19.1. The molecule has 0 atom stereocenters. The molecule has 23 heavy (non-hydrogen) atoms. The van der Waals surface area contributed by atoms with Crippen molar-refractivity contribution in [1.29, 1.82) is 0 Å². The third-order valence-electron chi connectivity index (χ3n) is 3.23. The van der Waals surface area contributed by atoms with Crippen LogP contribution in [-0.4, -0.2) is 30.3 Å². The van der Waals surface area contributed by atoms with Gasteiger partial charge in [-0.3, -0.25) is 9.59 Å². The molecule has 1 amide bonds. The number of aromatic nitrogens is 1. The molecule has 2 rings (SSSR count). The Morgan fingerprint density at radius 2 is 1.91 bits per heavy atom. The van der Waals surface area contributed by atoms with E-state index < -0.39 is 17.6 Å². The second-order valence-electron chi connectivity index (χ2n) is 4.91. The van der Waals surface area contributed by atoms with E-state index in [0.29, 0.717) is 13.0 Å². The molecule has 1 N–H and O–H groups in total. The Labute approximate surface area is 133 Å². The van der Waals surface area contributed by atoms with E-state index in [9.17, 15) is 14.0 Å². The summed E-state index contributed by atoms with van der Waals surface area (Å²) < 4.78 is 18.0. The first-order chi connectivity index (χ1) is 11.1. The Hall–Kier alpha value is -2.76. The standard InChI is InChI=1S/C17H17FN2O3/c1-23-14-7-5-12(6-8-14)9-10-19-17(22)15(21)11-13-3-2-4-16(18)20-13/h2-8H,9-11H2,1H3,(H,19,22). The zero-order valence-electron chi connectivity index (χ0n) is 12.7. The number of nitrogens with zero attached hydrogens (tertiary/aromatic N) is 1. The zero-order chi connectivity index (χ0) is 16.7. The van der Waals surface area contributed by atoms with Gasteiger partial charge in [-0.2, -0.15) is 4.39 Å². The van der Waals surface area contributed by atoms with Crippen LogP contribution in [0.15, 0.2) is 42.5 Å². The van der Waals surface area contributed by atoms with Crippen molar-refractivity contribution in [2.75, 3.05) is 13.7 Å². The number of ketones is 1. The summed E-state index contributed by atoms with van der Waals surface area (Å²) in [4.78, 5) is 27.0. The number of pyridine rings is 1. The lowest BCUT2D eigenvalue weighted by Gasteiger charge is -2.06. The minimum Gasteiger partial charge on any atom is -0.497 e. The predicted octanol–water partition coefficient (Wildman–Crippen LogP) is 1.70. The summed E-state index contributed by atoms with van der Waals surface area (Å²) in [5, 5.41) is 2.55. The van der Waals surface area contributed by atoms with E-state index in [1.165, 1.54) is 18.2 Å². The van der Waals surface area contributed by atoms with E-state index in [-0.39, 0.29) is 12.1 Å². The van der Waals surface area contributed by atoms with Crippen LogP contribution in [0.3, 0.4) is 0 Å². The Bertz CT molecular complexity index is 686. The van der Waals surface area contributed by atoms with Gasteiger partial charge in [-0.05, 0) is 36.2 Å². The summed E-state index contributed by atoms with van der Waals surface area (Å²) in [5.41, 5.74) is 1.26. The first kappa shape index (κ1) is 16.6. The number of hydrogen-bond acceptors (Lipinski definition) is 4. The molecule has 0 aliphatic rings. The molecule has 1 aromatic heterocycles. The number of halogens is 1. The van der Waals surface area contributed by atoms with Crippen molar-refractivity contribution in [3.8, 4) is 5.75 Å². The van der Waals surface area contributed by atoms with Crippen LogP contribution in [0.25, 0.3) is 0 Å². The number of rotatable bonds is 7. The SMILES string of the molecule is COc1ccc(CCNC(=O)C(=O)Cc2cccc(F)n2)cc1. The molecule has 0 spiro atoms. The Kier molecular flexibility index (Phi) is 5.80. The minimum absolute atomic E-state index is 0.216. The molecule has 120 valence electrons. The highest BCUT2D eigenvalue weighted by Gasteiger charge is 2.14. The first-order valence-corrected chi connectivity index (χ1v) is 7.14. The van der Waals surface area contributed by atoms with Crippen LogP contribution in [-0.2, 0) is 22.4 Å². The lowest BCUT2D eigenvalue weighted by Crippen LogP contribution is -2.33. The van der Waals surface area contributed by atoms with Crippen LogP contribution < -0.4 is 10.1 Å². The molecule has 5 nitrogen and oxygen atoms in total. The molecule has 1 heterocycles. The van der Waals surface area contributed by atoms with Gasteiger partial charge >= 0.3 is 0 Å². The van der Waals surface area contributed by atoms with Gasteiger partial charge in [-0.25, -0.2) is 4.98 Å². The fourth-order valence-electron chi connectivity index (χ4n) is 2.00. The fraction of sp³-hybridized carbons (Fsp3) is 0.235. The lowest BCUT2D eigenvalue weighted by atomic mass is 10.1. The van der Waals surface area contributed by atoms with Crippen LogP contribution in [0, 0.1) is 5.95 Å². The normalized spacial score (nSPS) is 10.2. The molecule has 0 unspecified atom stereocenters. The fourth-order valence-corrected chi connectivity index (χ4v) is 2.00. The molecule has 0 fully saturated rings. The maximum atomic E-state index is 12.9. The summed E-state index contributed by atoms with van der Waals surface area (Å²) in [6, 6.07) is 11.6. The molecule has 6 heteroatoms. The van der Waals surface area contributed by atoms with Gasteiger partial charge in [0.05, 0.1) is 19.2 Å². The molecule has 0 bridgehead atoms. The quantitative estimate of drug-likeness (QED) is 0.623. The third-order valence-corrected chi connectivity index (χ3v) is 3.23. The maximum Gasteiger partial charge on any atom is 0.287 e. The van der Waals surface area contributed by atoms with Crippen molar-refractivity contribution in [2.24, 2.45) is 0 Å². The Balaban J connectivity index is 1.78. The van der Waals surface area contributed by atoms with Gasteiger partial charge in [0.15, 0.2) is 0 Å². The van der Waals surface area contributed by atoms with E-state index in [1.54, 1.807) is 7.11 Å². The second-order valence-corrected chi connectivity index (χ2v) is 4.91. The van der Waals surface area contributed by atoms with Crippen molar-refractivity contribution >= 4 is 11.7 Å². The number of methoxy groups -OCH3 is 1. The monoisotopic (exact) mass is 316 g/mol. The van der Waals surface area contributed by atoms with Crippen LogP contribution in [0.4, 0.5) is 4.39 Å². The summed E-state index contributed by atoms with van der Waals surface area (Å²) in [7, 11) is 1.59. The van der Waals surface area contributed by atoms with Gasteiger partial charge in [-0.1, -0.05) is 18.2 Å². The van der Waals surface area contributed by atoms with E-state index in [2.05, 4.69) is 10.3 Å². The van der Waals surface area contributed by atoms with E-state index >= 15 is 0 Å². The van der Waals surface area contributed by atoms with Crippen molar-refractivity contribution in [3.63, 3.8) is 0 Å². The highest BCUT2D eigenvalue weighted by molar-refractivity contribution is 6.36. The number of hydrogen-bond donors (Lipinski definition) is 1. The first-order valence-electron chi connectivity index (χ1n) is 7.14. The molecule has 1 aromatic carbocycles. The van der Waals surface area contributed by atoms with Crippen LogP contribution in [0.1, 0.15) is 11.3 Å². The summed E-state index contributed by atoms with van der Waals surface area (Å²) in [5.74, 6) is -1.24. The maximum absolute atomic E-state index is 12.9. The third kappa shape index (κ3) is 5.18. The lowest BCUT2D eigenvalue weighted by molar-refractivity contribution is -0.137. The van der Waals surface area contributed by atoms with Crippen molar-refractivity contribution < 1.29 is 18.7 Å². The minimum atomic E-state index is -0.690. The van der Waals surface area contributed by atoms with E-state index in [4.69, 9.17) is 4.74 Å². The molecular formula is C17H17FN2O3. The molecule has 0 saturated carbocycles. The van der Waals surface area contributed by atoms with Crippen LogP contribution in [0.5, 0.6) is 5.75 Å². The highest BCUT2D eigenvalue weighted by Crippen LogP contribution is 2.11. The van der Waals surface area contributed by atoms with Crippen molar-refractivity contribution in [1.82, 2.24) is 10.3 Å². The van der Waals surface area contributed by atoms with Crippen LogP contribution >= 0.6 is 0 Å². The van der Waals surface area contributed by atoms with Crippen LogP contribution in [0.2, 0.25) is 0 Å². The van der Waals surface area contributed by atoms with Crippen molar-refractivity contribution in [3.05, 3.63) is 59.7 Å². The van der Waals surface area contributed by atoms with Gasteiger partial charge < -0.3 is 10.1 Å². The molecule has 2 aromatic rings. The Morgan fingerprint density at radius 1 is 1.17 bits per heavy atom. The van der Waals surface area contributed by atoms with Gasteiger partial charge in [0, 0.05) is 6.54 Å². The molecular weight excluding hydrogens is 299 g/mol. The van der Waals surface area contributed by atoms with E-state index in [0.717, 1.165) is 11.3 Å². The topological polar surface area (TPSA) is 68.3 Å². The van der Waals surface area contributed by atoms with Gasteiger partial charge in [0.1, 0.15) is 5.75 Å². The predicted molar refractivity (Wildman–Crippen MR) is 82.6 cm³/mol. The summed E-state index contributed by atoms with van der Waals surface area (Å²) in [6.45, 7) is 0.341. The Morgan fingerprint density at radius 3 is 2.57 bits per heavy atom. The van der Waals surface area contributed by atoms with Gasteiger partial charge in [-0.15, -0.1) is 0 Å². The number of carbonyl (C=O) groups excluding carboxylic acids is 2. The number of nitrogens with one attached hydrogen (secondary N) is 1. The largest absolute Gasteiger partial charge is 0.497 e. The second kappa shape index (κ2) is 8.03. The smallest absolute Gasteiger partial charge is 0.287 e. The molecule has 0 aliphatic heterocycles. The number of amides is 1. The molecule has 0 aliphatic carbocycles. The average molecular weight is 316 g/mol.